The van der Waals surface area contributed by atoms with Crippen LogP contribution in [0.4, 0.5) is 0 Å². The highest BCUT2D eigenvalue weighted by atomic mass is 35.5. The van der Waals surface area contributed by atoms with Crippen molar-refractivity contribution in [2.75, 3.05) is 38.7 Å². The van der Waals surface area contributed by atoms with E-state index in [1.165, 1.54) is 0 Å². The van der Waals surface area contributed by atoms with Gasteiger partial charge in [-0.1, -0.05) is 6.92 Å². The molecule has 1 atom stereocenters. The van der Waals surface area contributed by atoms with Crippen molar-refractivity contribution >= 4 is 17.5 Å². The fraction of sp³-hybridized carbons (Fsp3) is 0.889. The third-order valence-corrected chi connectivity index (χ3v) is 2.56. The number of nitrogens with one attached hydrogen (secondary N) is 1. The topological polar surface area (TPSA) is 41.6 Å². The summed E-state index contributed by atoms with van der Waals surface area (Å²) in [5.74, 6) is -0.117. The van der Waals surface area contributed by atoms with Gasteiger partial charge in [-0.25, -0.2) is 0 Å². The molecule has 1 unspecified atom stereocenters. The number of carbonyl (C=O) groups excluding carboxylic acids is 1. The first-order valence-electron chi connectivity index (χ1n) is 4.93. The van der Waals surface area contributed by atoms with Crippen molar-refractivity contribution in [3.63, 3.8) is 0 Å². The molecule has 1 fully saturated rings. The molecule has 4 nitrogen and oxygen atoms in total. The number of halogens is 1. The van der Waals surface area contributed by atoms with Crippen LogP contribution in [0.25, 0.3) is 0 Å². The number of nitrogens with zero attached hydrogens (tertiary/aromatic N) is 1. The van der Waals surface area contributed by atoms with E-state index in [0.29, 0.717) is 6.54 Å². The second-order valence-corrected chi connectivity index (χ2v) is 3.59. The predicted octanol–water partition coefficient (Wildman–Crippen LogP) is 0.0621. The molecule has 0 aromatic carbocycles. The fourth-order valence-corrected chi connectivity index (χ4v) is 1.56. The largest absolute Gasteiger partial charge is 0.374 e. The molecule has 0 saturated carbocycles. The monoisotopic (exact) mass is 220 g/mol. The van der Waals surface area contributed by atoms with Crippen LogP contribution in [0.15, 0.2) is 0 Å². The maximum absolute atomic E-state index is 10.9. The molecule has 1 N–H and O–H groups in total. The summed E-state index contributed by atoms with van der Waals surface area (Å²) in [6.07, 6.45) is 0.107. The Labute approximate surface area is 89.5 Å². The van der Waals surface area contributed by atoms with Crippen molar-refractivity contribution in [1.82, 2.24) is 10.2 Å². The van der Waals surface area contributed by atoms with E-state index in [-0.39, 0.29) is 17.9 Å². The molecule has 0 aromatic rings. The first-order chi connectivity index (χ1) is 6.76. The molecule has 14 heavy (non-hydrogen) atoms. The molecule has 0 aromatic heterocycles. The number of alkyl halides is 1. The Morgan fingerprint density at radius 1 is 1.71 bits per heavy atom. The highest BCUT2D eigenvalue weighted by Gasteiger charge is 2.19. The van der Waals surface area contributed by atoms with E-state index in [0.717, 1.165) is 26.2 Å². The third kappa shape index (κ3) is 3.82. The minimum absolute atomic E-state index is 0.0181. The molecule has 0 spiro atoms. The van der Waals surface area contributed by atoms with E-state index >= 15 is 0 Å². The van der Waals surface area contributed by atoms with Crippen molar-refractivity contribution in [2.45, 2.75) is 13.0 Å². The third-order valence-electron chi connectivity index (χ3n) is 2.32. The van der Waals surface area contributed by atoms with Gasteiger partial charge in [-0.05, 0) is 6.54 Å². The summed E-state index contributed by atoms with van der Waals surface area (Å²) in [7, 11) is 0. The van der Waals surface area contributed by atoms with Gasteiger partial charge >= 0.3 is 0 Å². The number of rotatable bonds is 4. The van der Waals surface area contributed by atoms with Crippen LogP contribution in [0, 0.1) is 0 Å². The molecule has 5 heteroatoms. The summed E-state index contributed by atoms with van der Waals surface area (Å²) in [5.41, 5.74) is 0. The van der Waals surface area contributed by atoms with Gasteiger partial charge in [-0.3, -0.25) is 9.69 Å². The Hall–Kier alpha value is -0.320. The van der Waals surface area contributed by atoms with Crippen molar-refractivity contribution in [3.8, 4) is 0 Å². The molecule has 1 aliphatic heterocycles. The van der Waals surface area contributed by atoms with Crippen LogP contribution < -0.4 is 5.32 Å². The summed E-state index contributed by atoms with van der Waals surface area (Å²) in [6, 6.07) is 0. The number of likely N-dealkylation sites (N-methyl/N-ethyl adjacent to an activating group) is 1. The maximum atomic E-state index is 10.9. The zero-order chi connectivity index (χ0) is 10.4. The first-order valence-corrected chi connectivity index (χ1v) is 5.46. The van der Waals surface area contributed by atoms with Gasteiger partial charge in [-0.15, -0.1) is 11.6 Å². The molecule has 1 aliphatic rings. The highest BCUT2D eigenvalue weighted by molar-refractivity contribution is 6.27. The normalized spacial score (nSPS) is 23.4. The molecule has 0 radical (unpaired) electrons. The molecule has 1 heterocycles. The zero-order valence-electron chi connectivity index (χ0n) is 8.46. The van der Waals surface area contributed by atoms with Gasteiger partial charge in [0.25, 0.3) is 0 Å². The van der Waals surface area contributed by atoms with Gasteiger partial charge < -0.3 is 10.1 Å². The van der Waals surface area contributed by atoms with E-state index in [1.54, 1.807) is 0 Å². The minimum atomic E-state index is -0.135. The van der Waals surface area contributed by atoms with E-state index in [4.69, 9.17) is 16.3 Å². The maximum Gasteiger partial charge on any atom is 0.235 e. The van der Waals surface area contributed by atoms with Crippen LogP contribution in [0.5, 0.6) is 0 Å². The van der Waals surface area contributed by atoms with Crippen molar-refractivity contribution < 1.29 is 9.53 Å². The molecular formula is C9H17ClN2O2. The number of carbonyl (C=O) groups is 1. The molecule has 0 aliphatic carbocycles. The summed E-state index contributed by atoms with van der Waals surface area (Å²) in [6.45, 7) is 6.33. The number of amides is 1. The summed E-state index contributed by atoms with van der Waals surface area (Å²) in [5, 5.41) is 2.72. The second-order valence-electron chi connectivity index (χ2n) is 3.32. The van der Waals surface area contributed by atoms with Gasteiger partial charge in [0, 0.05) is 19.6 Å². The lowest BCUT2D eigenvalue weighted by molar-refractivity contribution is -0.119. The number of hydrogen-bond donors (Lipinski definition) is 1. The Bertz CT molecular complexity index is 190. The predicted molar refractivity (Wildman–Crippen MR) is 55.6 cm³/mol. The van der Waals surface area contributed by atoms with Gasteiger partial charge in [-0.2, -0.15) is 0 Å². The van der Waals surface area contributed by atoms with Crippen molar-refractivity contribution in [3.05, 3.63) is 0 Å². The van der Waals surface area contributed by atoms with Gasteiger partial charge in [0.15, 0.2) is 0 Å². The number of ether oxygens (including phenoxy) is 1. The van der Waals surface area contributed by atoms with E-state index < -0.39 is 0 Å². The molecule has 82 valence electrons. The quantitative estimate of drug-likeness (QED) is 0.682. The summed E-state index contributed by atoms with van der Waals surface area (Å²) >= 11 is 5.36. The van der Waals surface area contributed by atoms with Crippen molar-refractivity contribution in [1.29, 1.82) is 0 Å². The van der Waals surface area contributed by atoms with Crippen LogP contribution in [-0.4, -0.2) is 55.6 Å². The Kier molecular flexibility index (Phi) is 5.22. The Balaban J connectivity index is 2.20. The lowest BCUT2D eigenvalue weighted by Gasteiger charge is -2.32. The van der Waals surface area contributed by atoms with Crippen LogP contribution in [0.3, 0.4) is 0 Å². The lowest BCUT2D eigenvalue weighted by Crippen LogP contribution is -2.47. The Morgan fingerprint density at radius 2 is 2.50 bits per heavy atom. The highest BCUT2D eigenvalue weighted by Crippen LogP contribution is 2.03. The smallest absolute Gasteiger partial charge is 0.235 e. The second kappa shape index (κ2) is 6.22. The first kappa shape index (κ1) is 11.8. The number of hydrogen-bond acceptors (Lipinski definition) is 3. The summed E-state index contributed by atoms with van der Waals surface area (Å²) < 4.78 is 5.51. The lowest BCUT2D eigenvalue weighted by atomic mass is 10.2. The van der Waals surface area contributed by atoms with Crippen LogP contribution >= 0.6 is 11.6 Å². The van der Waals surface area contributed by atoms with E-state index in [1.807, 2.05) is 0 Å². The number of morpholine rings is 1. The van der Waals surface area contributed by atoms with Crippen LogP contribution in [0.1, 0.15) is 6.92 Å². The van der Waals surface area contributed by atoms with Gasteiger partial charge in [0.2, 0.25) is 5.91 Å². The minimum Gasteiger partial charge on any atom is -0.374 e. The van der Waals surface area contributed by atoms with Gasteiger partial charge in [0.1, 0.15) is 5.88 Å². The van der Waals surface area contributed by atoms with Crippen LogP contribution in [-0.2, 0) is 9.53 Å². The average Bonchev–Trinajstić information content (AvgIpc) is 2.26. The van der Waals surface area contributed by atoms with Crippen LogP contribution in [0.2, 0.25) is 0 Å². The standard InChI is InChI=1S/C9H17ClN2O2/c1-2-12-3-4-14-8(7-12)6-11-9(13)5-10/h8H,2-7H2,1H3,(H,11,13). The fourth-order valence-electron chi connectivity index (χ4n) is 1.47. The van der Waals surface area contributed by atoms with Crippen molar-refractivity contribution in [2.24, 2.45) is 0 Å². The molecule has 1 amide bonds. The Morgan fingerprint density at radius 3 is 3.14 bits per heavy atom. The SMILES string of the molecule is CCN1CCOC(CNC(=O)CCl)C1. The zero-order valence-corrected chi connectivity index (χ0v) is 9.22. The van der Waals surface area contributed by atoms with E-state index in [2.05, 4.69) is 17.1 Å². The molecular weight excluding hydrogens is 204 g/mol. The molecule has 1 rings (SSSR count). The molecule has 1 saturated heterocycles. The van der Waals surface area contributed by atoms with Gasteiger partial charge in [0.05, 0.1) is 12.7 Å². The molecule has 0 bridgehead atoms. The van der Waals surface area contributed by atoms with E-state index in [9.17, 15) is 4.79 Å². The summed E-state index contributed by atoms with van der Waals surface area (Å²) in [4.78, 5) is 13.2. The average molecular weight is 221 g/mol.